The molecule has 1 unspecified atom stereocenters. The molecule has 0 radical (unpaired) electrons. The van der Waals surface area contributed by atoms with E-state index < -0.39 is 0 Å². The average molecular weight is 326 g/mol. The van der Waals surface area contributed by atoms with Crippen molar-refractivity contribution >= 4 is 21.6 Å². The average Bonchev–Trinajstić information content (AvgIpc) is 2.44. The minimum atomic E-state index is 0.265. The molecule has 1 aromatic carbocycles. The third-order valence-corrected chi connectivity index (χ3v) is 4.29. The predicted molar refractivity (Wildman–Crippen MR) is 85.6 cm³/mol. The number of likely N-dealkylation sites (N-methyl/N-ethyl adjacent to an activating group) is 1. The topological polar surface area (TPSA) is 32.5 Å². The standard InChI is InChI=1S/C15H24BrN3/c1-15(2)10-18(3)14(8-17)9-19(11-15)13-6-4-5-12(16)7-13/h4-7,14H,8-11,17H2,1-3H3. The quantitative estimate of drug-likeness (QED) is 0.907. The minimum absolute atomic E-state index is 0.265. The second kappa shape index (κ2) is 5.81. The van der Waals surface area contributed by atoms with E-state index in [0.717, 1.165) is 24.1 Å². The Kier molecular flexibility index (Phi) is 4.54. The van der Waals surface area contributed by atoms with Gasteiger partial charge in [-0.05, 0) is 30.7 Å². The summed E-state index contributed by atoms with van der Waals surface area (Å²) in [6.45, 7) is 8.49. The molecule has 19 heavy (non-hydrogen) atoms. The summed E-state index contributed by atoms with van der Waals surface area (Å²) < 4.78 is 1.13. The maximum absolute atomic E-state index is 5.94. The predicted octanol–water partition coefficient (Wildman–Crippen LogP) is 2.55. The van der Waals surface area contributed by atoms with Crippen molar-refractivity contribution in [1.29, 1.82) is 0 Å². The Balaban J connectivity index is 2.28. The van der Waals surface area contributed by atoms with E-state index in [1.165, 1.54) is 5.69 Å². The highest BCUT2D eigenvalue weighted by Crippen LogP contribution is 2.28. The molecule has 1 heterocycles. The van der Waals surface area contributed by atoms with Crippen molar-refractivity contribution in [2.45, 2.75) is 19.9 Å². The van der Waals surface area contributed by atoms with Crippen molar-refractivity contribution < 1.29 is 0 Å². The third-order valence-electron chi connectivity index (χ3n) is 3.80. The van der Waals surface area contributed by atoms with Crippen LogP contribution in [0.3, 0.4) is 0 Å². The number of benzene rings is 1. The fourth-order valence-corrected chi connectivity index (χ4v) is 3.34. The molecule has 0 spiro atoms. The van der Waals surface area contributed by atoms with E-state index in [1.807, 2.05) is 0 Å². The highest BCUT2D eigenvalue weighted by molar-refractivity contribution is 9.10. The van der Waals surface area contributed by atoms with Gasteiger partial charge in [0.05, 0.1) is 0 Å². The lowest BCUT2D eigenvalue weighted by atomic mass is 9.92. The number of hydrogen-bond acceptors (Lipinski definition) is 3. The van der Waals surface area contributed by atoms with E-state index in [2.05, 4.69) is 70.9 Å². The molecule has 0 bridgehead atoms. The van der Waals surface area contributed by atoms with E-state index in [-0.39, 0.29) is 5.41 Å². The van der Waals surface area contributed by atoms with E-state index in [9.17, 15) is 0 Å². The zero-order chi connectivity index (χ0) is 14.0. The van der Waals surface area contributed by atoms with Gasteiger partial charge in [0.25, 0.3) is 0 Å². The largest absolute Gasteiger partial charge is 0.369 e. The summed E-state index contributed by atoms with van der Waals surface area (Å²) in [6, 6.07) is 8.95. The molecule has 0 amide bonds. The molecule has 1 aliphatic rings. The smallest absolute Gasteiger partial charge is 0.0390 e. The number of rotatable bonds is 2. The molecule has 1 saturated heterocycles. The van der Waals surface area contributed by atoms with E-state index in [4.69, 9.17) is 5.73 Å². The Morgan fingerprint density at radius 3 is 2.74 bits per heavy atom. The van der Waals surface area contributed by atoms with E-state index >= 15 is 0 Å². The normalized spacial score (nSPS) is 24.3. The molecule has 3 nitrogen and oxygen atoms in total. The summed E-state index contributed by atoms with van der Waals surface area (Å²) in [4.78, 5) is 4.86. The third kappa shape index (κ3) is 3.71. The first kappa shape index (κ1) is 14.8. The van der Waals surface area contributed by atoms with Crippen molar-refractivity contribution in [3.8, 4) is 0 Å². The molecule has 0 saturated carbocycles. The van der Waals surface area contributed by atoms with Crippen LogP contribution in [0.4, 0.5) is 5.69 Å². The Labute approximate surface area is 124 Å². The molecule has 1 aromatic rings. The van der Waals surface area contributed by atoms with Crippen LogP contribution >= 0.6 is 15.9 Å². The van der Waals surface area contributed by atoms with Crippen molar-refractivity contribution in [2.75, 3.05) is 38.1 Å². The molecular formula is C15H24BrN3. The highest BCUT2D eigenvalue weighted by Gasteiger charge is 2.31. The van der Waals surface area contributed by atoms with Gasteiger partial charge in [0.1, 0.15) is 0 Å². The van der Waals surface area contributed by atoms with Crippen molar-refractivity contribution in [1.82, 2.24) is 4.90 Å². The van der Waals surface area contributed by atoms with Gasteiger partial charge in [0.15, 0.2) is 0 Å². The van der Waals surface area contributed by atoms with Crippen LogP contribution in [0, 0.1) is 5.41 Å². The Morgan fingerprint density at radius 1 is 1.37 bits per heavy atom. The molecule has 1 fully saturated rings. The summed E-state index contributed by atoms with van der Waals surface area (Å²) in [5.74, 6) is 0. The number of nitrogens with zero attached hydrogens (tertiary/aromatic N) is 2. The maximum Gasteiger partial charge on any atom is 0.0390 e. The molecule has 1 atom stereocenters. The van der Waals surface area contributed by atoms with Crippen LogP contribution in [-0.2, 0) is 0 Å². The van der Waals surface area contributed by atoms with Gasteiger partial charge in [-0.3, -0.25) is 4.90 Å². The SMILES string of the molecule is CN1CC(C)(C)CN(c2cccc(Br)c2)CC1CN. The van der Waals surface area contributed by atoms with Crippen LogP contribution in [-0.4, -0.2) is 44.2 Å². The van der Waals surface area contributed by atoms with Crippen LogP contribution in [0.5, 0.6) is 0 Å². The molecule has 106 valence electrons. The fourth-order valence-electron chi connectivity index (χ4n) is 2.95. The Morgan fingerprint density at radius 2 is 2.11 bits per heavy atom. The monoisotopic (exact) mass is 325 g/mol. The number of anilines is 1. The summed E-state index contributed by atoms with van der Waals surface area (Å²) in [6.07, 6.45) is 0. The Hall–Kier alpha value is -0.580. The first-order chi connectivity index (χ1) is 8.91. The van der Waals surface area contributed by atoms with E-state index in [0.29, 0.717) is 12.6 Å². The molecule has 0 aliphatic carbocycles. The maximum atomic E-state index is 5.94. The van der Waals surface area contributed by atoms with Gasteiger partial charge in [0.2, 0.25) is 0 Å². The van der Waals surface area contributed by atoms with E-state index in [1.54, 1.807) is 0 Å². The molecular weight excluding hydrogens is 302 g/mol. The van der Waals surface area contributed by atoms with Crippen molar-refractivity contribution in [2.24, 2.45) is 11.1 Å². The van der Waals surface area contributed by atoms with Gasteiger partial charge in [0, 0.05) is 42.4 Å². The van der Waals surface area contributed by atoms with Gasteiger partial charge in [-0.2, -0.15) is 0 Å². The molecule has 2 N–H and O–H groups in total. The lowest BCUT2D eigenvalue weighted by molar-refractivity contribution is 0.197. The van der Waals surface area contributed by atoms with Crippen LogP contribution < -0.4 is 10.6 Å². The number of hydrogen-bond donors (Lipinski definition) is 1. The van der Waals surface area contributed by atoms with Crippen LogP contribution in [0.1, 0.15) is 13.8 Å². The van der Waals surface area contributed by atoms with Gasteiger partial charge >= 0.3 is 0 Å². The number of halogens is 1. The minimum Gasteiger partial charge on any atom is -0.369 e. The van der Waals surface area contributed by atoms with Gasteiger partial charge in [-0.1, -0.05) is 35.8 Å². The van der Waals surface area contributed by atoms with Crippen LogP contribution in [0.15, 0.2) is 28.7 Å². The van der Waals surface area contributed by atoms with Crippen molar-refractivity contribution in [3.63, 3.8) is 0 Å². The number of nitrogens with two attached hydrogens (primary N) is 1. The van der Waals surface area contributed by atoms with Gasteiger partial charge < -0.3 is 10.6 Å². The Bertz CT molecular complexity index is 433. The zero-order valence-electron chi connectivity index (χ0n) is 12.1. The first-order valence-electron chi connectivity index (χ1n) is 6.82. The second-order valence-corrected chi connectivity index (χ2v) is 7.24. The first-order valence-corrected chi connectivity index (χ1v) is 7.61. The van der Waals surface area contributed by atoms with Crippen LogP contribution in [0.25, 0.3) is 0 Å². The van der Waals surface area contributed by atoms with Crippen LogP contribution in [0.2, 0.25) is 0 Å². The molecule has 2 rings (SSSR count). The molecule has 0 aromatic heterocycles. The summed E-state index contributed by atoms with van der Waals surface area (Å²) >= 11 is 3.56. The lowest BCUT2D eigenvalue weighted by Crippen LogP contribution is -2.44. The lowest BCUT2D eigenvalue weighted by Gasteiger charge is -2.31. The summed E-state index contributed by atoms with van der Waals surface area (Å²) in [5, 5.41) is 0. The van der Waals surface area contributed by atoms with Crippen molar-refractivity contribution in [3.05, 3.63) is 28.7 Å². The second-order valence-electron chi connectivity index (χ2n) is 6.33. The summed E-state index contributed by atoms with van der Waals surface area (Å²) in [7, 11) is 2.18. The molecule has 4 heteroatoms. The zero-order valence-corrected chi connectivity index (χ0v) is 13.7. The summed E-state index contributed by atoms with van der Waals surface area (Å²) in [5.41, 5.74) is 7.48. The molecule has 1 aliphatic heterocycles. The van der Waals surface area contributed by atoms with Gasteiger partial charge in [-0.15, -0.1) is 0 Å². The highest BCUT2D eigenvalue weighted by atomic mass is 79.9. The van der Waals surface area contributed by atoms with Gasteiger partial charge in [-0.25, -0.2) is 0 Å². The fraction of sp³-hybridized carbons (Fsp3) is 0.600.